The lowest BCUT2D eigenvalue weighted by molar-refractivity contribution is -0.144. The molecule has 5 atom stereocenters. The van der Waals surface area contributed by atoms with Gasteiger partial charge in [0.25, 0.3) is 0 Å². The third-order valence-corrected chi connectivity index (χ3v) is 4.71. The first kappa shape index (κ1) is 27.1. The zero-order valence-corrected chi connectivity index (χ0v) is 17.9. The Balaban J connectivity index is 5.32. The standard InChI is InChI=1S/C17H32N4O7S/c1-8(2)12(17(27)28)20-16(26)13(9(3)23)21-15(25)11(5-6-29-4)19-14(24)10(18)7-22/h8-13,22-23H,5-7,18H2,1-4H3,(H,19,24)(H,20,26)(H,21,25)(H,27,28). The summed E-state index contributed by atoms with van der Waals surface area (Å²) in [6.07, 6.45) is 0.701. The minimum atomic E-state index is -1.43. The lowest BCUT2D eigenvalue weighted by atomic mass is 10.0. The van der Waals surface area contributed by atoms with Gasteiger partial charge in [0.1, 0.15) is 24.2 Å². The van der Waals surface area contributed by atoms with E-state index in [1.165, 1.54) is 18.7 Å². The summed E-state index contributed by atoms with van der Waals surface area (Å²) < 4.78 is 0. The molecule has 8 N–H and O–H groups in total. The van der Waals surface area contributed by atoms with E-state index in [1.54, 1.807) is 20.1 Å². The first-order valence-corrected chi connectivity index (χ1v) is 10.5. The molecule has 12 heteroatoms. The molecule has 0 aromatic rings. The third-order valence-electron chi connectivity index (χ3n) is 4.07. The highest BCUT2D eigenvalue weighted by Gasteiger charge is 2.33. The zero-order chi connectivity index (χ0) is 22.7. The fourth-order valence-electron chi connectivity index (χ4n) is 2.28. The summed E-state index contributed by atoms with van der Waals surface area (Å²) in [5.41, 5.74) is 5.44. The number of nitrogens with two attached hydrogens (primary N) is 1. The summed E-state index contributed by atoms with van der Waals surface area (Å²) in [5.74, 6) is -3.50. The van der Waals surface area contributed by atoms with E-state index in [2.05, 4.69) is 16.0 Å². The van der Waals surface area contributed by atoms with E-state index in [0.717, 1.165) is 0 Å². The van der Waals surface area contributed by atoms with Crippen LogP contribution >= 0.6 is 11.8 Å². The highest BCUT2D eigenvalue weighted by atomic mass is 32.2. The maximum absolute atomic E-state index is 12.6. The van der Waals surface area contributed by atoms with Crippen molar-refractivity contribution >= 4 is 35.5 Å². The van der Waals surface area contributed by atoms with Crippen LogP contribution in [0.15, 0.2) is 0 Å². The number of carbonyl (C=O) groups is 4. The molecular formula is C17H32N4O7S. The van der Waals surface area contributed by atoms with E-state index < -0.39 is 66.5 Å². The number of nitrogens with one attached hydrogen (secondary N) is 3. The van der Waals surface area contributed by atoms with Crippen LogP contribution in [0.1, 0.15) is 27.2 Å². The van der Waals surface area contributed by atoms with Crippen molar-refractivity contribution in [3.63, 3.8) is 0 Å². The molecule has 0 fully saturated rings. The second-order valence-corrected chi connectivity index (χ2v) is 7.91. The van der Waals surface area contributed by atoms with Crippen molar-refractivity contribution in [3.8, 4) is 0 Å². The molecule has 0 heterocycles. The number of rotatable bonds is 13. The Hall–Kier alpha value is -1.89. The minimum absolute atomic E-state index is 0.217. The van der Waals surface area contributed by atoms with Gasteiger partial charge in [-0.2, -0.15) is 11.8 Å². The Morgan fingerprint density at radius 2 is 1.52 bits per heavy atom. The average molecular weight is 437 g/mol. The van der Waals surface area contributed by atoms with Gasteiger partial charge in [-0.3, -0.25) is 14.4 Å². The van der Waals surface area contributed by atoms with Crippen molar-refractivity contribution in [1.82, 2.24) is 16.0 Å². The van der Waals surface area contributed by atoms with E-state index in [-0.39, 0.29) is 6.42 Å². The molecule has 0 aliphatic rings. The van der Waals surface area contributed by atoms with Crippen LogP contribution in [0.2, 0.25) is 0 Å². The molecule has 0 bridgehead atoms. The van der Waals surface area contributed by atoms with Crippen LogP contribution in [0.3, 0.4) is 0 Å². The van der Waals surface area contributed by atoms with Gasteiger partial charge < -0.3 is 37.0 Å². The van der Waals surface area contributed by atoms with Crippen molar-refractivity contribution in [3.05, 3.63) is 0 Å². The second-order valence-electron chi connectivity index (χ2n) is 6.93. The number of carbonyl (C=O) groups excluding carboxylic acids is 3. The first-order chi connectivity index (χ1) is 13.5. The summed E-state index contributed by atoms with van der Waals surface area (Å²) in [5, 5.41) is 35.2. The van der Waals surface area contributed by atoms with Gasteiger partial charge in [0.2, 0.25) is 17.7 Å². The predicted octanol–water partition coefficient (Wildman–Crippen LogP) is -2.37. The lowest BCUT2D eigenvalue weighted by Gasteiger charge is -2.27. The third kappa shape index (κ3) is 9.43. The SMILES string of the molecule is CSCCC(NC(=O)C(N)CO)C(=O)NC(C(=O)NC(C(=O)O)C(C)C)C(C)O. The molecular weight excluding hydrogens is 404 g/mol. The molecule has 29 heavy (non-hydrogen) atoms. The molecule has 3 amide bonds. The Bertz CT molecular complexity index is 574. The van der Waals surface area contributed by atoms with E-state index in [4.69, 9.17) is 10.8 Å². The van der Waals surface area contributed by atoms with Gasteiger partial charge in [-0.15, -0.1) is 0 Å². The number of aliphatic hydroxyl groups excluding tert-OH is 2. The molecule has 168 valence electrons. The fourth-order valence-corrected chi connectivity index (χ4v) is 2.75. The van der Waals surface area contributed by atoms with Crippen LogP contribution in [-0.4, -0.2) is 87.9 Å². The summed E-state index contributed by atoms with van der Waals surface area (Å²) in [7, 11) is 0. The number of carboxylic acid groups (broad SMARTS) is 1. The molecule has 0 aliphatic carbocycles. The zero-order valence-electron chi connectivity index (χ0n) is 17.0. The Morgan fingerprint density at radius 1 is 0.966 bits per heavy atom. The van der Waals surface area contributed by atoms with Gasteiger partial charge in [0, 0.05) is 0 Å². The van der Waals surface area contributed by atoms with E-state index in [1.807, 2.05) is 0 Å². The molecule has 5 unspecified atom stereocenters. The van der Waals surface area contributed by atoms with Crippen molar-refractivity contribution in [2.75, 3.05) is 18.6 Å². The van der Waals surface area contributed by atoms with Gasteiger partial charge in [0.15, 0.2) is 0 Å². The quantitative estimate of drug-likeness (QED) is 0.165. The first-order valence-electron chi connectivity index (χ1n) is 9.13. The molecule has 0 spiro atoms. The highest BCUT2D eigenvalue weighted by Crippen LogP contribution is 2.06. The van der Waals surface area contributed by atoms with Crippen LogP contribution < -0.4 is 21.7 Å². The molecule has 0 aromatic heterocycles. The number of hydrogen-bond acceptors (Lipinski definition) is 8. The van der Waals surface area contributed by atoms with Crippen LogP contribution in [-0.2, 0) is 19.2 Å². The molecule has 11 nitrogen and oxygen atoms in total. The largest absolute Gasteiger partial charge is 0.480 e. The molecule has 0 saturated heterocycles. The number of aliphatic hydroxyl groups is 2. The number of hydrogen-bond donors (Lipinski definition) is 7. The van der Waals surface area contributed by atoms with Gasteiger partial charge in [-0.05, 0) is 31.3 Å². The number of aliphatic carboxylic acids is 1. The molecule has 0 aromatic carbocycles. The van der Waals surface area contributed by atoms with Crippen LogP contribution in [0, 0.1) is 5.92 Å². The Morgan fingerprint density at radius 3 is 1.93 bits per heavy atom. The maximum Gasteiger partial charge on any atom is 0.326 e. The summed E-state index contributed by atoms with van der Waals surface area (Å²) >= 11 is 1.43. The van der Waals surface area contributed by atoms with Crippen LogP contribution in [0.4, 0.5) is 0 Å². The van der Waals surface area contributed by atoms with E-state index in [9.17, 15) is 29.4 Å². The van der Waals surface area contributed by atoms with E-state index >= 15 is 0 Å². The predicted molar refractivity (Wildman–Crippen MR) is 108 cm³/mol. The molecule has 0 radical (unpaired) electrons. The van der Waals surface area contributed by atoms with Crippen LogP contribution in [0.25, 0.3) is 0 Å². The molecule has 0 rings (SSSR count). The summed E-state index contributed by atoms with van der Waals surface area (Å²) in [6.45, 7) is 3.88. The highest BCUT2D eigenvalue weighted by molar-refractivity contribution is 7.98. The second kappa shape index (κ2) is 13.4. The fraction of sp³-hybridized carbons (Fsp3) is 0.765. The number of carboxylic acids is 1. The monoisotopic (exact) mass is 436 g/mol. The Labute approximate surface area is 174 Å². The number of amides is 3. The lowest BCUT2D eigenvalue weighted by Crippen LogP contribution is -2.60. The number of thioether (sulfide) groups is 1. The minimum Gasteiger partial charge on any atom is -0.480 e. The van der Waals surface area contributed by atoms with Crippen molar-refractivity contribution in [2.45, 2.75) is 57.5 Å². The van der Waals surface area contributed by atoms with Gasteiger partial charge >= 0.3 is 5.97 Å². The van der Waals surface area contributed by atoms with Crippen molar-refractivity contribution in [2.24, 2.45) is 11.7 Å². The normalized spacial score (nSPS) is 16.3. The van der Waals surface area contributed by atoms with Crippen LogP contribution in [0.5, 0.6) is 0 Å². The average Bonchev–Trinajstić information content (AvgIpc) is 2.65. The summed E-state index contributed by atoms with van der Waals surface area (Å²) in [6, 6.07) is -4.89. The van der Waals surface area contributed by atoms with E-state index in [0.29, 0.717) is 5.75 Å². The van der Waals surface area contributed by atoms with Crippen molar-refractivity contribution < 1.29 is 34.5 Å². The smallest absolute Gasteiger partial charge is 0.326 e. The topological polar surface area (TPSA) is 191 Å². The summed E-state index contributed by atoms with van der Waals surface area (Å²) in [4.78, 5) is 48.3. The van der Waals surface area contributed by atoms with Crippen molar-refractivity contribution in [1.29, 1.82) is 0 Å². The Kier molecular flexibility index (Phi) is 12.5. The van der Waals surface area contributed by atoms with Gasteiger partial charge in [-0.1, -0.05) is 13.8 Å². The van der Waals surface area contributed by atoms with Gasteiger partial charge in [-0.25, -0.2) is 4.79 Å². The molecule has 0 saturated carbocycles. The van der Waals surface area contributed by atoms with Gasteiger partial charge in [0.05, 0.1) is 12.7 Å². The molecule has 0 aliphatic heterocycles. The maximum atomic E-state index is 12.6.